The van der Waals surface area contributed by atoms with Gasteiger partial charge in [0.15, 0.2) is 0 Å². The van der Waals surface area contributed by atoms with Gasteiger partial charge in [0.1, 0.15) is 0 Å². The summed E-state index contributed by atoms with van der Waals surface area (Å²) in [6.45, 7) is 0. The lowest BCUT2D eigenvalue weighted by Crippen LogP contribution is -2.22. The average molecular weight is 197 g/mol. The monoisotopic (exact) mass is 197 g/mol. The van der Waals surface area contributed by atoms with Gasteiger partial charge in [0.05, 0.1) is 5.97 Å². The van der Waals surface area contributed by atoms with Crippen LogP contribution in [0.4, 0.5) is 0 Å². The maximum absolute atomic E-state index is 10.8. The van der Waals surface area contributed by atoms with E-state index in [1.165, 1.54) is 12.1 Å². The molecule has 0 aromatic heterocycles. The number of carbonyl (C=O) groups excluding carboxylic acids is 1. The Kier molecular flexibility index (Phi) is 3.19. The van der Waals surface area contributed by atoms with Crippen molar-refractivity contribution in [1.82, 2.24) is 0 Å². The van der Waals surface area contributed by atoms with Crippen molar-refractivity contribution in [3.8, 4) is 0 Å². The molecule has 3 nitrogen and oxygen atoms in total. The Bertz CT molecular complexity index is 346. The summed E-state index contributed by atoms with van der Waals surface area (Å²) < 4.78 is 10.8. The largest absolute Gasteiger partial charge is 0.545 e. The number of aromatic carboxylic acids is 1. The summed E-state index contributed by atoms with van der Waals surface area (Å²) in [4.78, 5) is 10.5. The SMILES string of the molecule is C[S@@](=O)Cc1cccc(C(=O)[O-])c1. The molecule has 0 saturated heterocycles. The van der Waals surface area contributed by atoms with Gasteiger partial charge in [-0.3, -0.25) is 4.21 Å². The molecule has 4 heteroatoms. The molecule has 0 fully saturated rings. The molecule has 0 radical (unpaired) electrons. The smallest absolute Gasteiger partial charge is 0.0715 e. The average Bonchev–Trinajstić information content (AvgIpc) is 2.03. The van der Waals surface area contributed by atoms with Crippen LogP contribution in [0.5, 0.6) is 0 Å². The van der Waals surface area contributed by atoms with Gasteiger partial charge in [-0.15, -0.1) is 0 Å². The number of hydrogen-bond acceptors (Lipinski definition) is 3. The van der Waals surface area contributed by atoms with E-state index in [1.807, 2.05) is 0 Å². The summed E-state index contributed by atoms with van der Waals surface area (Å²) in [6, 6.07) is 6.30. The molecular weight excluding hydrogens is 188 g/mol. The van der Waals surface area contributed by atoms with Crippen molar-refractivity contribution in [1.29, 1.82) is 0 Å². The summed E-state index contributed by atoms with van der Waals surface area (Å²) in [5, 5.41) is 10.5. The Morgan fingerprint density at radius 1 is 1.54 bits per heavy atom. The third kappa shape index (κ3) is 2.99. The molecule has 0 aliphatic carbocycles. The second-order valence-electron chi connectivity index (χ2n) is 2.71. The molecule has 0 aliphatic heterocycles. The molecule has 0 N–H and O–H groups in total. The van der Waals surface area contributed by atoms with Crippen LogP contribution in [0.25, 0.3) is 0 Å². The fourth-order valence-corrected chi connectivity index (χ4v) is 1.67. The Morgan fingerprint density at radius 2 is 2.23 bits per heavy atom. The van der Waals surface area contributed by atoms with Crippen LogP contribution >= 0.6 is 0 Å². The Hall–Kier alpha value is -1.16. The van der Waals surface area contributed by atoms with E-state index in [0.29, 0.717) is 5.75 Å². The Morgan fingerprint density at radius 3 is 2.77 bits per heavy atom. The van der Waals surface area contributed by atoms with Gasteiger partial charge in [0.2, 0.25) is 0 Å². The third-order valence-corrected chi connectivity index (χ3v) is 2.27. The van der Waals surface area contributed by atoms with Crippen LogP contribution < -0.4 is 5.11 Å². The number of carboxylic acid groups (broad SMARTS) is 1. The van der Waals surface area contributed by atoms with E-state index in [-0.39, 0.29) is 5.56 Å². The molecule has 0 amide bonds. The predicted octanol–water partition coefficient (Wildman–Crippen LogP) is -0.0714. The highest BCUT2D eigenvalue weighted by molar-refractivity contribution is 7.83. The first-order valence-corrected chi connectivity index (χ1v) is 5.42. The topological polar surface area (TPSA) is 57.2 Å². The normalized spacial score (nSPS) is 12.4. The van der Waals surface area contributed by atoms with Crippen LogP contribution in [-0.4, -0.2) is 16.4 Å². The minimum Gasteiger partial charge on any atom is -0.545 e. The zero-order chi connectivity index (χ0) is 9.84. The highest BCUT2D eigenvalue weighted by atomic mass is 32.2. The van der Waals surface area contributed by atoms with Crippen LogP contribution in [0, 0.1) is 0 Å². The summed E-state index contributed by atoms with van der Waals surface area (Å²) in [6.07, 6.45) is 1.58. The maximum atomic E-state index is 10.8. The Balaban J connectivity index is 2.91. The van der Waals surface area contributed by atoms with Gasteiger partial charge in [-0.1, -0.05) is 18.2 Å². The number of carboxylic acids is 1. The highest BCUT2D eigenvalue weighted by Gasteiger charge is 1.98. The molecule has 0 bridgehead atoms. The predicted molar refractivity (Wildman–Crippen MR) is 48.5 cm³/mol. The molecule has 0 aliphatic rings. The zero-order valence-corrected chi connectivity index (χ0v) is 7.97. The molecule has 0 spiro atoms. The number of benzene rings is 1. The van der Waals surface area contributed by atoms with E-state index in [0.717, 1.165) is 5.56 Å². The lowest BCUT2D eigenvalue weighted by Gasteiger charge is -2.04. The first-order valence-electron chi connectivity index (χ1n) is 3.70. The van der Waals surface area contributed by atoms with Crippen molar-refractivity contribution < 1.29 is 14.1 Å². The molecule has 70 valence electrons. The van der Waals surface area contributed by atoms with E-state index < -0.39 is 16.8 Å². The van der Waals surface area contributed by atoms with Crippen molar-refractivity contribution in [3.63, 3.8) is 0 Å². The number of carbonyl (C=O) groups is 1. The second kappa shape index (κ2) is 4.18. The fraction of sp³-hybridized carbons (Fsp3) is 0.222. The standard InChI is InChI=1S/C9H10O3S/c1-13(12)6-7-3-2-4-8(5-7)9(10)11/h2-5H,6H2,1H3,(H,10,11)/p-1/t13-/m1/s1. The number of hydrogen-bond donors (Lipinski definition) is 0. The van der Waals surface area contributed by atoms with Crippen LogP contribution in [0.3, 0.4) is 0 Å². The van der Waals surface area contributed by atoms with E-state index in [1.54, 1.807) is 18.4 Å². The van der Waals surface area contributed by atoms with Crippen molar-refractivity contribution in [2.24, 2.45) is 0 Å². The van der Waals surface area contributed by atoms with Gasteiger partial charge in [-0.25, -0.2) is 0 Å². The van der Waals surface area contributed by atoms with Gasteiger partial charge in [0.25, 0.3) is 0 Å². The molecule has 0 heterocycles. The third-order valence-electron chi connectivity index (χ3n) is 1.53. The second-order valence-corrected chi connectivity index (χ2v) is 4.14. The van der Waals surface area contributed by atoms with E-state index in [9.17, 15) is 14.1 Å². The van der Waals surface area contributed by atoms with Gasteiger partial charge < -0.3 is 9.90 Å². The van der Waals surface area contributed by atoms with E-state index >= 15 is 0 Å². The van der Waals surface area contributed by atoms with Crippen molar-refractivity contribution >= 4 is 16.8 Å². The molecular formula is C9H9O3S-. The van der Waals surface area contributed by atoms with Crippen molar-refractivity contribution in [2.75, 3.05) is 6.26 Å². The highest BCUT2D eigenvalue weighted by Crippen LogP contribution is 2.06. The minimum absolute atomic E-state index is 0.128. The maximum Gasteiger partial charge on any atom is 0.0715 e. The first-order chi connectivity index (χ1) is 6.09. The van der Waals surface area contributed by atoms with Gasteiger partial charge in [-0.2, -0.15) is 0 Å². The summed E-state index contributed by atoms with van der Waals surface area (Å²) >= 11 is 0. The molecule has 1 aromatic rings. The minimum atomic E-state index is -1.20. The summed E-state index contributed by atoms with van der Waals surface area (Å²) in [5.74, 6) is -0.829. The van der Waals surface area contributed by atoms with Crippen LogP contribution in [-0.2, 0) is 16.6 Å². The molecule has 1 aromatic carbocycles. The first kappa shape index (κ1) is 9.92. The lowest BCUT2D eigenvalue weighted by molar-refractivity contribution is -0.255. The van der Waals surface area contributed by atoms with Crippen LogP contribution in [0.15, 0.2) is 24.3 Å². The van der Waals surface area contributed by atoms with Crippen LogP contribution in [0.1, 0.15) is 15.9 Å². The molecule has 13 heavy (non-hydrogen) atoms. The lowest BCUT2D eigenvalue weighted by atomic mass is 10.1. The van der Waals surface area contributed by atoms with Crippen LogP contribution in [0.2, 0.25) is 0 Å². The summed E-state index contributed by atoms with van der Waals surface area (Å²) in [5.41, 5.74) is 0.880. The van der Waals surface area contributed by atoms with E-state index in [2.05, 4.69) is 0 Å². The number of rotatable bonds is 3. The molecule has 1 atom stereocenters. The van der Waals surface area contributed by atoms with Gasteiger partial charge >= 0.3 is 0 Å². The summed E-state index contributed by atoms with van der Waals surface area (Å²) in [7, 11) is -0.951. The van der Waals surface area contributed by atoms with Crippen molar-refractivity contribution in [2.45, 2.75) is 5.75 Å². The van der Waals surface area contributed by atoms with Gasteiger partial charge in [-0.05, 0) is 17.2 Å². The van der Waals surface area contributed by atoms with Crippen molar-refractivity contribution in [3.05, 3.63) is 35.4 Å². The molecule has 0 unspecified atom stereocenters. The Labute approximate surface area is 78.9 Å². The molecule has 1 rings (SSSR count). The van der Waals surface area contributed by atoms with E-state index in [4.69, 9.17) is 0 Å². The van der Waals surface area contributed by atoms with Gasteiger partial charge in [0, 0.05) is 22.8 Å². The molecule has 0 saturated carbocycles. The fourth-order valence-electron chi connectivity index (χ4n) is 1.02. The zero-order valence-electron chi connectivity index (χ0n) is 7.15. The quantitative estimate of drug-likeness (QED) is 0.681.